The lowest BCUT2D eigenvalue weighted by Gasteiger charge is -2.17. The molecule has 0 atom stereocenters. The molecule has 1 rings (SSSR count). The van der Waals surface area contributed by atoms with Gasteiger partial charge in [0.25, 0.3) is 10.0 Å². The van der Waals surface area contributed by atoms with Gasteiger partial charge in [-0.2, -0.15) is 0 Å². The van der Waals surface area contributed by atoms with Crippen LogP contribution in [-0.2, 0) is 10.0 Å². The van der Waals surface area contributed by atoms with Gasteiger partial charge in [0, 0.05) is 12.2 Å². The summed E-state index contributed by atoms with van der Waals surface area (Å²) in [7, 11) is -3.56. The van der Waals surface area contributed by atoms with E-state index >= 15 is 0 Å². The number of hydrogen-bond acceptors (Lipinski definition) is 4. The zero-order valence-electron chi connectivity index (χ0n) is 10.5. The van der Waals surface area contributed by atoms with Gasteiger partial charge in [0.1, 0.15) is 0 Å². The average Bonchev–Trinajstić information content (AvgIpc) is 2.43. The van der Waals surface area contributed by atoms with Crippen molar-refractivity contribution in [1.82, 2.24) is 9.71 Å². The molecule has 0 saturated carbocycles. The van der Waals surface area contributed by atoms with Crippen LogP contribution in [0.3, 0.4) is 0 Å². The Morgan fingerprint density at radius 2 is 1.94 bits per heavy atom. The maximum atomic E-state index is 11.9. The first-order valence-electron chi connectivity index (χ1n) is 5.31. The van der Waals surface area contributed by atoms with Crippen LogP contribution in [0.25, 0.3) is 0 Å². The molecule has 0 radical (unpaired) electrons. The van der Waals surface area contributed by atoms with Gasteiger partial charge in [-0.1, -0.05) is 32.1 Å². The van der Waals surface area contributed by atoms with Crippen LogP contribution in [0.15, 0.2) is 9.00 Å². The molecule has 0 fully saturated rings. The molecular formula is C10H18N2O3S2. The minimum atomic E-state index is -3.56. The summed E-state index contributed by atoms with van der Waals surface area (Å²) in [5, 5.41) is 0. The standard InChI is InChI=1S/C10H18N2O3S2/c1-7-8(16-9(13)12-7)17(14,15)11-6-5-10(2,3)4/h11H,5-6H2,1-4H3,(H,12,13). The SMILES string of the molecule is Cc1[nH]c(=O)sc1S(=O)(=O)NCCC(C)(C)C. The van der Waals surface area contributed by atoms with Crippen LogP contribution in [0, 0.1) is 12.3 Å². The minimum Gasteiger partial charge on any atom is -0.315 e. The lowest BCUT2D eigenvalue weighted by atomic mass is 9.93. The Bertz CT molecular complexity index is 535. The van der Waals surface area contributed by atoms with Gasteiger partial charge in [0.15, 0.2) is 4.21 Å². The highest BCUT2D eigenvalue weighted by molar-refractivity contribution is 7.91. The minimum absolute atomic E-state index is 0.0723. The Morgan fingerprint density at radius 3 is 2.35 bits per heavy atom. The second kappa shape index (κ2) is 4.91. The zero-order chi connectivity index (χ0) is 13.3. The number of aromatic amines is 1. The molecule has 0 amide bonds. The number of thiazole rings is 1. The molecule has 7 heteroatoms. The third-order valence-corrected chi connectivity index (χ3v) is 5.26. The molecule has 1 aromatic rings. The fraction of sp³-hybridized carbons (Fsp3) is 0.700. The predicted molar refractivity (Wildman–Crippen MR) is 68.9 cm³/mol. The molecule has 17 heavy (non-hydrogen) atoms. The third-order valence-electron chi connectivity index (χ3n) is 2.19. The first-order valence-corrected chi connectivity index (χ1v) is 7.61. The van der Waals surface area contributed by atoms with Crippen LogP contribution < -0.4 is 9.60 Å². The first kappa shape index (κ1) is 14.4. The number of nitrogens with one attached hydrogen (secondary N) is 2. The van der Waals surface area contributed by atoms with Crippen LogP contribution in [-0.4, -0.2) is 19.9 Å². The van der Waals surface area contributed by atoms with Crippen molar-refractivity contribution in [3.05, 3.63) is 15.4 Å². The monoisotopic (exact) mass is 278 g/mol. The molecule has 98 valence electrons. The Balaban J connectivity index is 2.77. The van der Waals surface area contributed by atoms with E-state index in [1.54, 1.807) is 6.92 Å². The second-order valence-corrected chi connectivity index (χ2v) is 8.08. The van der Waals surface area contributed by atoms with E-state index < -0.39 is 10.0 Å². The molecule has 1 heterocycles. The Labute approximate surface area is 105 Å². The number of aromatic nitrogens is 1. The van der Waals surface area contributed by atoms with Crippen LogP contribution >= 0.6 is 11.3 Å². The average molecular weight is 278 g/mol. The van der Waals surface area contributed by atoms with Crippen LogP contribution in [0.4, 0.5) is 0 Å². The summed E-state index contributed by atoms with van der Waals surface area (Å²) in [4.78, 5) is 13.2. The quantitative estimate of drug-likeness (QED) is 0.875. The second-order valence-electron chi connectivity index (χ2n) is 5.14. The molecule has 2 N–H and O–H groups in total. The molecule has 0 aliphatic heterocycles. The lowest BCUT2D eigenvalue weighted by Crippen LogP contribution is -2.27. The summed E-state index contributed by atoms with van der Waals surface area (Å²) in [6.45, 7) is 8.08. The number of sulfonamides is 1. The van der Waals surface area contributed by atoms with Crippen molar-refractivity contribution in [2.24, 2.45) is 5.41 Å². The van der Waals surface area contributed by atoms with Crippen molar-refractivity contribution in [3.8, 4) is 0 Å². The van der Waals surface area contributed by atoms with Gasteiger partial charge in [0.2, 0.25) is 0 Å². The van der Waals surface area contributed by atoms with Crippen molar-refractivity contribution >= 4 is 21.4 Å². The van der Waals surface area contributed by atoms with Crippen LogP contribution in [0.5, 0.6) is 0 Å². The number of aryl methyl sites for hydroxylation is 1. The highest BCUT2D eigenvalue weighted by atomic mass is 32.2. The number of hydrogen-bond donors (Lipinski definition) is 2. The van der Waals surface area contributed by atoms with Gasteiger partial charge >= 0.3 is 4.87 Å². The summed E-state index contributed by atoms with van der Waals surface area (Å²) >= 11 is 0.718. The fourth-order valence-electron chi connectivity index (χ4n) is 1.27. The zero-order valence-corrected chi connectivity index (χ0v) is 12.1. The molecule has 0 bridgehead atoms. The van der Waals surface area contributed by atoms with Gasteiger partial charge in [-0.05, 0) is 18.8 Å². The number of H-pyrrole nitrogens is 1. The van der Waals surface area contributed by atoms with Gasteiger partial charge < -0.3 is 4.98 Å². The molecule has 0 aromatic carbocycles. The van der Waals surface area contributed by atoms with Gasteiger partial charge in [-0.25, -0.2) is 13.1 Å². The van der Waals surface area contributed by atoms with Crippen molar-refractivity contribution in [3.63, 3.8) is 0 Å². The highest BCUT2D eigenvalue weighted by Crippen LogP contribution is 2.19. The normalized spacial score (nSPS) is 12.9. The predicted octanol–water partition coefficient (Wildman–Crippen LogP) is 1.46. The van der Waals surface area contributed by atoms with Gasteiger partial charge in [0.05, 0.1) is 0 Å². The summed E-state index contributed by atoms with van der Waals surface area (Å²) in [5.41, 5.74) is 0.464. The van der Waals surface area contributed by atoms with E-state index in [-0.39, 0.29) is 14.5 Å². The van der Waals surface area contributed by atoms with E-state index in [1.165, 1.54) is 0 Å². The van der Waals surface area contributed by atoms with E-state index in [9.17, 15) is 13.2 Å². The van der Waals surface area contributed by atoms with Crippen molar-refractivity contribution in [1.29, 1.82) is 0 Å². The summed E-state index contributed by atoms with van der Waals surface area (Å²) in [6.07, 6.45) is 0.741. The summed E-state index contributed by atoms with van der Waals surface area (Å²) in [5.74, 6) is 0. The smallest absolute Gasteiger partial charge is 0.305 e. The molecule has 0 unspecified atom stereocenters. The molecule has 0 saturated heterocycles. The molecular weight excluding hydrogens is 260 g/mol. The van der Waals surface area contributed by atoms with E-state index in [4.69, 9.17) is 0 Å². The maximum Gasteiger partial charge on any atom is 0.305 e. The Hall–Kier alpha value is -0.660. The van der Waals surface area contributed by atoms with E-state index in [1.807, 2.05) is 20.8 Å². The molecule has 5 nitrogen and oxygen atoms in total. The Kier molecular flexibility index (Phi) is 4.16. The number of rotatable bonds is 4. The van der Waals surface area contributed by atoms with E-state index in [2.05, 4.69) is 9.71 Å². The molecule has 0 spiro atoms. The van der Waals surface area contributed by atoms with E-state index in [0.717, 1.165) is 17.8 Å². The van der Waals surface area contributed by atoms with Gasteiger partial charge in [-0.3, -0.25) is 4.79 Å². The Morgan fingerprint density at radius 1 is 1.35 bits per heavy atom. The largest absolute Gasteiger partial charge is 0.315 e. The van der Waals surface area contributed by atoms with Crippen molar-refractivity contribution in [2.45, 2.75) is 38.3 Å². The molecule has 0 aliphatic rings. The third kappa shape index (κ3) is 4.25. The molecule has 0 aliphatic carbocycles. The summed E-state index contributed by atoms with van der Waals surface area (Å²) in [6, 6.07) is 0. The molecule has 1 aromatic heterocycles. The highest BCUT2D eigenvalue weighted by Gasteiger charge is 2.21. The van der Waals surface area contributed by atoms with Crippen molar-refractivity contribution < 1.29 is 8.42 Å². The summed E-state index contributed by atoms with van der Waals surface area (Å²) < 4.78 is 26.4. The van der Waals surface area contributed by atoms with Crippen molar-refractivity contribution in [2.75, 3.05) is 6.54 Å². The van der Waals surface area contributed by atoms with E-state index in [0.29, 0.717) is 12.2 Å². The lowest BCUT2D eigenvalue weighted by molar-refractivity contribution is 0.378. The van der Waals surface area contributed by atoms with Crippen LogP contribution in [0.1, 0.15) is 32.9 Å². The first-order chi connectivity index (χ1) is 7.62. The van der Waals surface area contributed by atoms with Gasteiger partial charge in [-0.15, -0.1) is 0 Å². The fourth-order valence-corrected chi connectivity index (χ4v) is 3.65. The topological polar surface area (TPSA) is 79.0 Å². The van der Waals surface area contributed by atoms with Crippen LogP contribution in [0.2, 0.25) is 0 Å². The maximum absolute atomic E-state index is 11.9.